The summed E-state index contributed by atoms with van der Waals surface area (Å²) in [6.45, 7) is 3.50. The number of nitrogens with zero attached hydrogens (tertiary/aromatic N) is 3. The third-order valence-electron chi connectivity index (χ3n) is 4.81. The number of methoxy groups -OCH3 is 1. The van der Waals surface area contributed by atoms with Crippen LogP contribution >= 0.6 is 0 Å². The fourth-order valence-corrected chi connectivity index (χ4v) is 3.33. The first kappa shape index (κ1) is 17.5. The van der Waals surface area contributed by atoms with E-state index in [2.05, 4.69) is 15.0 Å². The molecule has 1 aromatic heterocycles. The van der Waals surface area contributed by atoms with E-state index < -0.39 is 0 Å². The molecular weight excluding hydrogens is 342 g/mol. The number of benzene rings is 2. The van der Waals surface area contributed by atoms with Gasteiger partial charge in [-0.05, 0) is 37.2 Å². The van der Waals surface area contributed by atoms with E-state index in [1.54, 1.807) is 7.11 Å². The molecule has 0 N–H and O–H groups in total. The second-order valence-electron chi connectivity index (χ2n) is 6.64. The Balaban J connectivity index is 1.32. The molecule has 0 aliphatic carbocycles. The maximum Gasteiger partial charge on any atom is 0.231 e. The van der Waals surface area contributed by atoms with Gasteiger partial charge in [0, 0.05) is 18.7 Å². The van der Waals surface area contributed by atoms with Gasteiger partial charge in [0.1, 0.15) is 18.1 Å². The lowest BCUT2D eigenvalue weighted by Gasteiger charge is -2.15. The standard InChI is InChI=1S/C21H23N3O3/c1-25-19-9-5-6-16(14-19)20-22-21(27-23-20)17-10-11-24(15-17)12-13-26-18-7-3-2-4-8-18/h2-9,14,17H,10-13,15H2,1H3. The summed E-state index contributed by atoms with van der Waals surface area (Å²) in [5.74, 6) is 3.28. The Bertz CT molecular complexity index is 866. The molecule has 0 bridgehead atoms. The smallest absolute Gasteiger partial charge is 0.231 e. The number of aromatic nitrogens is 2. The topological polar surface area (TPSA) is 60.6 Å². The first-order chi connectivity index (χ1) is 13.3. The normalized spacial score (nSPS) is 17.1. The van der Waals surface area contributed by atoms with Crippen LogP contribution in [0.1, 0.15) is 18.2 Å². The quantitative estimate of drug-likeness (QED) is 0.637. The highest BCUT2D eigenvalue weighted by molar-refractivity contribution is 5.56. The summed E-state index contributed by atoms with van der Waals surface area (Å²) in [5.41, 5.74) is 0.899. The van der Waals surface area contributed by atoms with Gasteiger partial charge in [-0.25, -0.2) is 0 Å². The van der Waals surface area contributed by atoms with Gasteiger partial charge in [0.25, 0.3) is 0 Å². The van der Waals surface area contributed by atoms with Gasteiger partial charge < -0.3 is 14.0 Å². The minimum absolute atomic E-state index is 0.272. The van der Waals surface area contributed by atoms with E-state index in [4.69, 9.17) is 14.0 Å². The molecule has 3 aromatic rings. The highest BCUT2D eigenvalue weighted by Crippen LogP contribution is 2.28. The van der Waals surface area contributed by atoms with Gasteiger partial charge in [-0.15, -0.1) is 0 Å². The van der Waals surface area contributed by atoms with Gasteiger partial charge in [-0.3, -0.25) is 4.90 Å². The summed E-state index contributed by atoms with van der Waals surface area (Å²) in [6.07, 6.45) is 1.02. The average molecular weight is 365 g/mol. The second kappa shape index (κ2) is 8.22. The minimum atomic E-state index is 0.272. The molecule has 0 radical (unpaired) electrons. The average Bonchev–Trinajstić information content (AvgIpc) is 3.38. The summed E-state index contributed by atoms with van der Waals surface area (Å²) >= 11 is 0. The van der Waals surface area contributed by atoms with E-state index in [9.17, 15) is 0 Å². The van der Waals surface area contributed by atoms with E-state index in [1.807, 2.05) is 54.6 Å². The summed E-state index contributed by atoms with van der Waals surface area (Å²) < 4.78 is 16.6. The van der Waals surface area contributed by atoms with Gasteiger partial charge in [0.15, 0.2) is 0 Å². The van der Waals surface area contributed by atoms with Crippen LogP contribution < -0.4 is 9.47 Å². The highest BCUT2D eigenvalue weighted by atomic mass is 16.5. The lowest BCUT2D eigenvalue weighted by molar-refractivity contribution is 0.233. The SMILES string of the molecule is COc1cccc(-c2noc(C3CCN(CCOc4ccccc4)C3)n2)c1. The van der Waals surface area contributed by atoms with Crippen LogP contribution in [-0.4, -0.2) is 48.4 Å². The first-order valence-electron chi connectivity index (χ1n) is 9.20. The molecule has 0 saturated carbocycles. The molecule has 140 valence electrons. The van der Waals surface area contributed by atoms with E-state index in [0.717, 1.165) is 43.1 Å². The lowest BCUT2D eigenvalue weighted by atomic mass is 10.1. The molecule has 1 aliphatic heterocycles. The summed E-state index contributed by atoms with van der Waals surface area (Å²) in [5, 5.41) is 4.15. The Labute approximate surface area is 158 Å². The van der Waals surface area contributed by atoms with Crippen molar-refractivity contribution in [1.82, 2.24) is 15.0 Å². The van der Waals surface area contributed by atoms with Crippen LogP contribution in [0.5, 0.6) is 11.5 Å². The Morgan fingerprint density at radius 1 is 1.11 bits per heavy atom. The molecule has 4 rings (SSSR count). The molecule has 6 nitrogen and oxygen atoms in total. The fraction of sp³-hybridized carbons (Fsp3) is 0.333. The van der Waals surface area contributed by atoms with Crippen molar-refractivity contribution in [2.24, 2.45) is 0 Å². The first-order valence-corrected chi connectivity index (χ1v) is 9.20. The number of para-hydroxylation sites is 1. The van der Waals surface area contributed by atoms with Crippen molar-refractivity contribution in [1.29, 1.82) is 0 Å². The van der Waals surface area contributed by atoms with Crippen molar-refractivity contribution >= 4 is 0 Å². The Kier molecular flexibility index (Phi) is 5.34. The molecule has 1 fully saturated rings. The maximum atomic E-state index is 5.79. The number of hydrogen-bond acceptors (Lipinski definition) is 6. The third-order valence-corrected chi connectivity index (χ3v) is 4.81. The zero-order chi connectivity index (χ0) is 18.5. The Morgan fingerprint density at radius 3 is 2.81 bits per heavy atom. The summed E-state index contributed by atoms with van der Waals surface area (Å²) in [4.78, 5) is 6.99. The molecule has 6 heteroatoms. The van der Waals surface area contributed by atoms with Crippen LogP contribution in [0.4, 0.5) is 0 Å². The van der Waals surface area contributed by atoms with E-state index in [1.165, 1.54) is 0 Å². The van der Waals surface area contributed by atoms with Crippen molar-refractivity contribution < 1.29 is 14.0 Å². The van der Waals surface area contributed by atoms with Gasteiger partial charge in [-0.1, -0.05) is 35.5 Å². The van der Waals surface area contributed by atoms with Crippen molar-refractivity contribution in [2.45, 2.75) is 12.3 Å². The van der Waals surface area contributed by atoms with Crippen molar-refractivity contribution in [2.75, 3.05) is 33.4 Å². The Morgan fingerprint density at radius 2 is 1.96 bits per heavy atom. The van der Waals surface area contributed by atoms with Gasteiger partial charge in [0.05, 0.1) is 13.0 Å². The molecule has 27 heavy (non-hydrogen) atoms. The van der Waals surface area contributed by atoms with Crippen molar-refractivity contribution in [3.05, 3.63) is 60.5 Å². The molecular formula is C21H23N3O3. The van der Waals surface area contributed by atoms with Crippen molar-refractivity contribution in [3.63, 3.8) is 0 Å². The monoisotopic (exact) mass is 365 g/mol. The lowest BCUT2D eigenvalue weighted by Crippen LogP contribution is -2.26. The van der Waals surface area contributed by atoms with Gasteiger partial charge in [-0.2, -0.15) is 4.98 Å². The predicted octanol–water partition coefficient (Wildman–Crippen LogP) is 3.61. The molecule has 1 atom stereocenters. The van der Waals surface area contributed by atoms with Crippen LogP contribution in [-0.2, 0) is 0 Å². The van der Waals surface area contributed by atoms with Crippen molar-refractivity contribution in [3.8, 4) is 22.9 Å². The number of rotatable bonds is 7. The van der Waals surface area contributed by atoms with Crippen LogP contribution in [0.2, 0.25) is 0 Å². The Hall–Kier alpha value is -2.86. The zero-order valence-corrected chi connectivity index (χ0v) is 15.4. The molecule has 1 unspecified atom stereocenters. The van der Waals surface area contributed by atoms with Gasteiger partial charge >= 0.3 is 0 Å². The molecule has 2 heterocycles. The maximum absolute atomic E-state index is 5.79. The molecule has 0 spiro atoms. The van der Waals surface area contributed by atoms with E-state index in [-0.39, 0.29) is 5.92 Å². The zero-order valence-electron chi connectivity index (χ0n) is 15.4. The second-order valence-corrected chi connectivity index (χ2v) is 6.64. The van der Waals surface area contributed by atoms with Crippen LogP contribution in [0.15, 0.2) is 59.1 Å². The molecule has 2 aromatic carbocycles. The minimum Gasteiger partial charge on any atom is -0.497 e. The largest absolute Gasteiger partial charge is 0.497 e. The number of hydrogen-bond donors (Lipinski definition) is 0. The van der Waals surface area contributed by atoms with Crippen LogP contribution in [0.25, 0.3) is 11.4 Å². The third kappa shape index (κ3) is 4.28. The molecule has 1 saturated heterocycles. The number of ether oxygens (including phenoxy) is 2. The summed E-state index contributed by atoms with van der Waals surface area (Å²) in [6, 6.07) is 17.6. The summed E-state index contributed by atoms with van der Waals surface area (Å²) in [7, 11) is 1.65. The number of likely N-dealkylation sites (tertiary alicyclic amines) is 1. The van der Waals surface area contributed by atoms with E-state index in [0.29, 0.717) is 18.3 Å². The fourth-order valence-electron chi connectivity index (χ4n) is 3.33. The van der Waals surface area contributed by atoms with E-state index >= 15 is 0 Å². The van der Waals surface area contributed by atoms with Gasteiger partial charge in [0.2, 0.25) is 11.7 Å². The molecule has 1 aliphatic rings. The predicted molar refractivity (Wildman–Crippen MR) is 102 cm³/mol. The molecule has 0 amide bonds. The highest BCUT2D eigenvalue weighted by Gasteiger charge is 2.28. The van der Waals surface area contributed by atoms with Crippen LogP contribution in [0.3, 0.4) is 0 Å². The van der Waals surface area contributed by atoms with Crippen LogP contribution in [0, 0.1) is 0 Å².